The van der Waals surface area contributed by atoms with E-state index in [0.717, 1.165) is 17.8 Å². The van der Waals surface area contributed by atoms with E-state index in [1.807, 2.05) is 13.8 Å². The van der Waals surface area contributed by atoms with Crippen molar-refractivity contribution < 1.29 is 41.4 Å². The van der Waals surface area contributed by atoms with Crippen molar-refractivity contribution in [3.05, 3.63) is 47.8 Å². The van der Waals surface area contributed by atoms with Gasteiger partial charge in [0.1, 0.15) is 28.1 Å². The van der Waals surface area contributed by atoms with Gasteiger partial charge in [-0.25, -0.2) is 23.5 Å². The van der Waals surface area contributed by atoms with Crippen LogP contribution >= 0.6 is 11.8 Å². The highest BCUT2D eigenvalue weighted by Crippen LogP contribution is 2.37. The highest BCUT2D eigenvalue weighted by atomic mass is 32.2. The van der Waals surface area contributed by atoms with Crippen molar-refractivity contribution in [3.63, 3.8) is 0 Å². The number of benzene rings is 1. The number of imidazole rings is 1. The molecule has 0 N–H and O–H groups in total. The standard InChI is InChI=1S/C32H41F4N5O5S/c1-19(2)23-16-37-27-22(40(29(43)46-31(6,7)8)17-20-11-9-10-12-24(20)44-32(34,35)36)15-26(38-41(23)27)47-25-13-14-39(18-21(25)33)28(42)45-30(3,4)5/h9-12,15-16,19,21,25H,13-14,17-18H2,1-8H3. The summed E-state index contributed by atoms with van der Waals surface area (Å²) in [6.45, 7) is 13.8. The van der Waals surface area contributed by atoms with Crippen LogP contribution in [0.25, 0.3) is 5.65 Å². The Labute approximate surface area is 275 Å². The van der Waals surface area contributed by atoms with Crippen molar-refractivity contribution in [2.45, 2.75) is 108 Å². The number of alkyl halides is 4. The summed E-state index contributed by atoms with van der Waals surface area (Å²) in [7, 11) is 0. The number of fused-ring (bicyclic) bond motifs is 1. The Kier molecular flexibility index (Phi) is 10.6. The van der Waals surface area contributed by atoms with Crippen LogP contribution in [0.5, 0.6) is 5.75 Å². The number of amides is 2. The smallest absolute Gasteiger partial charge is 0.444 e. The van der Waals surface area contributed by atoms with E-state index in [0.29, 0.717) is 17.1 Å². The molecule has 1 saturated heterocycles. The van der Waals surface area contributed by atoms with Crippen molar-refractivity contribution in [1.29, 1.82) is 0 Å². The second-order valence-electron chi connectivity index (χ2n) is 13.6. The first-order valence-corrected chi connectivity index (χ1v) is 16.1. The average Bonchev–Trinajstić information content (AvgIpc) is 3.35. The number of carbonyl (C=O) groups excluding carboxylic acids is 2. The fraction of sp³-hybridized carbons (Fsp3) is 0.562. The molecule has 0 aliphatic carbocycles. The molecule has 2 atom stereocenters. The van der Waals surface area contributed by atoms with E-state index in [1.54, 1.807) is 58.3 Å². The molecule has 1 fully saturated rings. The van der Waals surface area contributed by atoms with Gasteiger partial charge in [-0.3, -0.25) is 4.90 Å². The molecular weight excluding hydrogens is 642 g/mol. The lowest BCUT2D eigenvalue weighted by atomic mass is 10.1. The molecule has 10 nitrogen and oxygen atoms in total. The summed E-state index contributed by atoms with van der Waals surface area (Å²) in [6, 6.07) is 7.07. The van der Waals surface area contributed by atoms with Crippen LogP contribution in [0.15, 0.2) is 41.6 Å². The Morgan fingerprint density at radius 1 is 1.06 bits per heavy atom. The Hall–Kier alpha value is -3.75. The van der Waals surface area contributed by atoms with Crippen LogP contribution in [0.2, 0.25) is 0 Å². The van der Waals surface area contributed by atoms with Gasteiger partial charge in [0.2, 0.25) is 0 Å². The third-order valence-corrected chi connectivity index (χ3v) is 8.16. The highest BCUT2D eigenvalue weighted by molar-refractivity contribution is 7.99. The van der Waals surface area contributed by atoms with Gasteiger partial charge in [-0.1, -0.05) is 43.8 Å². The predicted octanol–water partition coefficient (Wildman–Crippen LogP) is 8.13. The molecule has 3 aromatic rings. The van der Waals surface area contributed by atoms with Gasteiger partial charge in [0.05, 0.1) is 30.7 Å². The maximum absolute atomic E-state index is 15.6. The second-order valence-corrected chi connectivity index (χ2v) is 14.8. The number of piperidine rings is 1. The van der Waals surface area contributed by atoms with E-state index in [1.165, 1.54) is 28.0 Å². The van der Waals surface area contributed by atoms with Gasteiger partial charge in [0.15, 0.2) is 5.65 Å². The van der Waals surface area contributed by atoms with Crippen LogP contribution in [-0.4, -0.2) is 73.8 Å². The lowest BCUT2D eigenvalue weighted by Gasteiger charge is -2.35. The Bertz CT molecular complexity index is 1580. The zero-order valence-corrected chi connectivity index (χ0v) is 28.5. The Morgan fingerprint density at radius 2 is 1.72 bits per heavy atom. The molecule has 258 valence electrons. The quantitative estimate of drug-likeness (QED) is 0.230. The number of halogens is 4. The van der Waals surface area contributed by atoms with Crippen molar-refractivity contribution in [3.8, 4) is 5.75 Å². The summed E-state index contributed by atoms with van der Waals surface area (Å²) in [4.78, 5) is 33.4. The summed E-state index contributed by atoms with van der Waals surface area (Å²) in [5, 5.41) is 4.49. The first kappa shape index (κ1) is 36.1. The van der Waals surface area contributed by atoms with E-state index in [-0.39, 0.29) is 42.5 Å². The van der Waals surface area contributed by atoms with Crippen molar-refractivity contribution in [2.24, 2.45) is 0 Å². The summed E-state index contributed by atoms with van der Waals surface area (Å²) in [5.41, 5.74) is -0.441. The summed E-state index contributed by atoms with van der Waals surface area (Å²) >= 11 is 1.15. The number of carbonyl (C=O) groups is 2. The molecule has 15 heteroatoms. The minimum Gasteiger partial charge on any atom is -0.444 e. The predicted molar refractivity (Wildman–Crippen MR) is 170 cm³/mol. The van der Waals surface area contributed by atoms with Gasteiger partial charge in [-0.2, -0.15) is 5.10 Å². The van der Waals surface area contributed by atoms with Gasteiger partial charge < -0.3 is 19.1 Å². The van der Waals surface area contributed by atoms with Crippen molar-refractivity contribution in [1.82, 2.24) is 19.5 Å². The SMILES string of the molecule is CC(C)c1cnc2c(N(Cc3ccccc3OC(F)(F)F)C(=O)OC(C)(C)C)cc(SC3CCN(C(=O)OC(C)(C)C)CC3F)nn12. The van der Waals surface area contributed by atoms with Crippen molar-refractivity contribution in [2.75, 3.05) is 18.0 Å². The molecule has 0 saturated carbocycles. The minimum atomic E-state index is -4.96. The Morgan fingerprint density at radius 3 is 2.32 bits per heavy atom. The van der Waals surface area contributed by atoms with Gasteiger partial charge in [0, 0.05) is 17.4 Å². The largest absolute Gasteiger partial charge is 0.573 e. The van der Waals surface area contributed by atoms with Gasteiger partial charge in [-0.05, 0) is 66.0 Å². The molecular formula is C32H41F4N5O5S. The fourth-order valence-electron chi connectivity index (χ4n) is 4.86. The number of aromatic nitrogens is 3. The lowest BCUT2D eigenvalue weighted by molar-refractivity contribution is -0.274. The second kappa shape index (κ2) is 13.8. The zero-order valence-electron chi connectivity index (χ0n) is 27.7. The molecule has 47 heavy (non-hydrogen) atoms. The third kappa shape index (κ3) is 9.64. The van der Waals surface area contributed by atoms with Crippen LogP contribution in [0.4, 0.5) is 32.8 Å². The van der Waals surface area contributed by atoms with Crippen molar-refractivity contribution >= 4 is 35.3 Å². The maximum Gasteiger partial charge on any atom is 0.573 e. The molecule has 3 heterocycles. The number of para-hydroxylation sites is 1. The topological polar surface area (TPSA) is 98.5 Å². The first-order valence-electron chi connectivity index (χ1n) is 15.2. The van der Waals surface area contributed by atoms with E-state index in [4.69, 9.17) is 14.6 Å². The molecule has 2 aromatic heterocycles. The number of hydrogen-bond donors (Lipinski definition) is 0. The average molecular weight is 684 g/mol. The number of thioether (sulfide) groups is 1. The number of hydrogen-bond acceptors (Lipinski definition) is 8. The van der Waals surface area contributed by atoms with Gasteiger partial charge in [-0.15, -0.1) is 13.2 Å². The van der Waals surface area contributed by atoms with Crippen LogP contribution in [0, 0.1) is 0 Å². The normalized spacial score (nSPS) is 17.6. The minimum absolute atomic E-state index is 0.0486. The number of nitrogens with zero attached hydrogens (tertiary/aromatic N) is 5. The molecule has 1 aliphatic heterocycles. The van der Waals surface area contributed by atoms with Gasteiger partial charge in [0.25, 0.3) is 0 Å². The molecule has 1 aliphatic rings. The van der Waals surface area contributed by atoms with Crippen LogP contribution in [0.1, 0.15) is 79.0 Å². The molecule has 0 spiro atoms. The number of ether oxygens (including phenoxy) is 3. The maximum atomic E-state index is 15.6. The summed E-state index contributed by atoms with van der Waals surface area (Å²) in [6.07, 6.45) is -5.89. The van der Waals surface area contributed by atoms with E-state index >= 15 is 4.39 Å². The number of rotatable bonds is 7. The summed E-state index contributed by atoms with van der Waals surface area (Å²) < 4.78 is 72.4. The van der Waals surface area contributed by atoms with Crippen LogP contribution < -0.4 is 9.64 Å². The Balaban J connectivity index is 1.75. The fourth-order valence-corrected chi connectivity index (χ4v) is 5.93. The van der Waals surface area contributed by atoms with Gasteiger partial charge >= 0.3 is 18.5 Å². The van der Waals surface area contributed by atoms with E-state index < -0.39 is 46.9 Å². The molecule has 0 bridgehead atoms. The summed E-state index contributed by atoms with van der Waals surface area (Å²) in [5.74, 6) is -0.524. The van der Waals surface area contributed by atoms with E-state index in [2.05, 4.69) is 9.72 Å². The first-order chi connectivity index (χ1) is 21.7. The molecule has 1 aromatic carbocycles. The highest BCUT2D eigenvalue weighted by Gasteiger charge is 2.36. The van der Waals surface area contributed by atoms with E-state index in [9.17, 15) is 22.8 Å². The molecule has 2 unspecified atom stereocenters. The number of likely N-dealkylation sites (tertiary alicyclic amines) is 1. The molecule has 2 amide bonds. The molecule has 4 rings (SSSR count). The van der Waals surface area contributed by atoms with Crippen LogP contribution in [-0.2, 0) is 16.0 Å². The zero-order chi connectivity index (χ0) is 34.9. The lowest BCUT2D eigenvalue weighted by Crippen LogP contribution is -2.47. The number of anilines is 1. The molecule has 0 radical (unpaired) electrons. The van der Waals surface area contributed by atoms with Crippen LogP contribution in [0.3, 0.4) is 0 Å². The third-order valence-electron chi connectivity index (χ3n) is 6.88. The monoisotopic (exact) mass is 683 g/mol.